The van der Waals surface area contributed by atoms with E-state index >= 15 is 0 Å². The molecule has 3 N–H and O–H groups in total. The van der Waals surface area contributed by atoms with Gasteiger partial charge >= 0.3 is 6.18 Å². The fourth-order valence-corrected chi connectivity index (χ4v) is 2.44. The lowest BCUT2D eigenvalue weighted by Gasteiger charge is -2.23. The lowest BCUT2D eigenvalue weighted by atomic mass is 9.87. The van der Waals surface area contributed by atoms with Gasteiger partial charge in [0.25, 0.3) is 5.56 Å². The number of nitrogens with zero attached hydrogens (tertiary/aromatic N) is 1. The molecule has 102 valence electrons. The summed E-state index contributed by atoms with van der Waals surface area (Å²) in [5.41, 5.74) is 5.28. The number of nitrogen functional groups attached to an aromatic ring is 1. The normalized spacial score (nSPS) is 19.6. The zero-order chi connectivity index (χ0) is 13.8. The first-order valence-electron chi connectivity index (χ1n) is 5.73. The summed E-state index contributed by atoms with van der Waals surface area (Å²) in [5.74, 6) is -1.16. The molecule has 0 aliphatic heterocycles. The number of aryl methyl sites for hydroxylation is 1. The van der Waals surface area contributed by atoms with Gasteiger partial charge in [-0.25, -0.2) is 4.98 Å². The number of hydrogen-bond acceptors (Lipinski definition) is 4. The van der Waals surface area contributed by atoms with E-state index in [-0.39, 0.29) is 36.3 Å². The highest BCUT2D eigenvalue weighted by Crippen LogP contribution is 2.39. The van der Waals surface area contributed by atoms with Gasteiger partial charge in [-0.1, -0.05) is 0 Å². The Bertz CT molecular complexity index is 701. The lowest BCUT2D eigenvalue weighted by Crippen LogP contribution is -2.28. The Labute approximate surface area is 104 Å². The molecule has 3 rings (SSSR count). The van der Waals surface area contributed by atoms with Crippen molar-refractivity contribution in [3.05, 3.63) is 21.7 Å². The third-order valence-corrected chi connectivity index (χ3v) is 3.38. The smallest absolute Gasteiger partial charge is 0.392 e. The van der Waals surface area contributed by atoms with Gasteiger partial charge in [-0.3, -0.25) is 9.78 Å². The molecule has 2 aromatic heterocycles. The van der Waals surface area contributed by atoms with E-state index in [1.165, 1.54) is 0 Å². The van der Waals surface area contributed by atoms with E-state index in [9.17, 15) is 18.0 Å². The van der Waals surface area contributed by atoms with Crippen molar-refractivity contribution in [3.8, 4) is 0 Å². The lowest BCUT2D eigenvalue weighted by molar-refractivity contribution is -0.177. The molecular weight excluding hydrogens is 263 g/mol. The van der Waals surface area contributed by atoms with Gasteiger partial charge in [0.2, 0.25) is 11.5 Å². The van der Waals surface area contributed by atoms with Gasteiger partial charge in [0, 0.05) is 12.0 Å². The molecule has 1 aliphatic rings. The number of hydrogen-bond donors (Lipinski definition) is 2. The fraction of sp³-hybridized carbons (Fsp3) is 0.455. The number of aromatic nitrogens is 2. The maximum Gasteiger partial charge on any atom is 0.392 e. The van der Waals surface area contributed by atoms with Gasteiger partial charge in [0.15, 0.2) is 0 Å². The highest BCUT2D eigenvalue weighted by atomic mass is 19.4. The summed E-state index contributed by atoms with van der Waals surface area (Å²) in [5, 5.41) is 0. The second-order valence-electron chi connectivity index (χ2n) is 4.61. The van der Waals surface area contributed by atoms with Crippen LogP contribution >= 0.6 is 0 Å². The molecule has 0 saturated carbocycles. The van der Waals surface area contributed by atoms with Crippen LogP contribution in [0.3, 0.4) is 0 Å². The molecule has 0 saturated heterocycles. The number of furan rings is 1. The molecule has 0 amide bonds. The number of rotatable bonds is 0. The van der Waals surface area contributed by atoms with Gasteiger partial charge < -0.3 is 10.2 Å². The van der Waals surface area contributed by atoms with Gasteiger partial charge in [-0.2, -0.15) is 13.2 Å². The summed E-state index contributed by atoms with van der Waals surface area (Å²) in [6.45, 7) is 0. The first-order chi connectivity index (χ1) is 8.86. The van der Waals surface area contributed by atoms with Gasteiger partial charge in [-0.15, -0.1) is 0 Å². The summed E-state index contributed by atoms with van der Waals surface area (Å²) in [7, 11) is 0. The second-order valence-corrected chi connectivity index (χ2v) is 4.61. The second kappa shape index (κ2) is 3.75. The maximum atomic E-state index is 12.8. The van der Waals surface area contributed by atoms with Crippen LogP contribution in [-0.4, -0.2) is 16.1 Å². The third-order valence-electron chi connectivity index (χ3n) is 3.38. The number of anilines is 1. The Morgan fingerprint density at radius 1 is 1.42 bits per heavy atom. The quantitative estimate of drug-likeness (QED) is 0.766. The predicted molar refractivity (Wildman–Crippen MR) is 60.6 cm³/mol. The highest BCUT2D eigenvalue weighted by Gasteiger charge is 2.42. The molecule has 19 heavy (non-hydrogen) atoms. The van der Waals surface area contributed by atoms with Crippen LogP contribution in [0.4, 0.5) is 19.1 Å². The van der Waals surface area contributed by atoms with E-state index in [1.807, 2.05) is 0 Å². The van der Waals surface area contributed by atoms with Crippen LogP contribution in [0.1, 0.15) is 17.7 Å². The van der Waals surface area contributed by atoms with Crippen LogP contribution in [-0.2, 0) is 12.8 Å². The monoisotopic (exact) mass is 273 g/mol. The molecule has 8 heteroatoms. The van der Waals surface area contributed by atoms with Crippen LogP contribution < -0.4 is 11.3 Å². The number of fused-ring (bicyclic) bond motifs is 3. The van der Waals surface area contributed by atoms with E-state index < -0.39 is 17.7 Å². The number of aromatic amines is 1. The number of halogens is 3. The fourth-order valence-electron chi connectivity index (χ4n) is 2.44. The maximum absolute atomic E-state index is 12.8. The van der Waals surface area contributed by atoms with Crippen LogP contribution in [0.15, 0.2) is 9.21 Å². The molecule has 0 radical (unpaired) electrons. The Morgan fingerprint density at radius 2 is 2.16 bits per heavy atom. The van der Waals surface area contributed by atoms with Crippen LogP contribution in [0.25, 0.3) is 11.1 Å². The van der Waals surface area contributed by atoms with Crippen molar-refractivity contribution >= 4 is 17.0 Å². The average Bonchev–Trinajstić information content (AvgIpc) is 2.66. The van der Waals surface area contributed by atoms with Gasteiger partial charge in [-0.05, 0) is 12.8 Å². The van der Waals surface area contributed by atoms with Crippen LogP contribution in [0, 0.1) is 5.92 Å². The molecule has 0 aromatic carbocycles. The molecule has 2 heterocycles. The summed E-state index contributed by atoms with van der Waals surface area (Å²) in [6, 6.07) is 0. The first-order valence-corrected chi connectivity index (χ1v) is 5.73. The first kappa shape index (κ1) is 12.1. The highest BCUT2D eigenvalue weighted by molar-refractivity contribution is 5.78. The number of H-pyrrole nitrogens is 1. The molecule has 0 spiro atoms. The summed E-state index contributed by atoms with van der Waals surface area (Å²) in [6.07, 6.45) is -4.37. The molecule has 1 aliphatic carbocycles. The largest absolute Gasteiger partial charge is 0.453 e. The van der Waals surface area contributed by atoms with E-state index in [0.29, 0.717) is 11.3 Å². The van der Waals surface area contributed by atoms with Crippen molar-refractivity contribution in [2.75, 3.05) is 5.73 Å². The van der Waals surface area contributed by atoms with E-state index in [4.69, 9.17) is 10.2 Å². The van der Waals surface area contributed by atoms with E-state index in [2.05, 4.69) is 9.97 Å². The Hall–Kier alpha value is -1.99. The Morgan fingerprint density at radius 3 is 2.84 bits per heavy atom. The van der Waals surface area contributed by atoms with Crippen molar-refractivity contribution in [1.82, 2.24) is 9.97 Å². The van der Waals surface area contributed by atoms with Crippen LogP contribution in [0.2, 0.25) is 0 Å². The van der Waals surface area contributed by atoms with Gasteiger partial charge in [0.05, 0.1) is 5.92 Å². The molecule has 0 fully saturated rings. The molecule has 5 nitrogen and oxygen atoms in total. The Balaban J connectivity index is 2.16. The molecule has 0 bridgehead atoms. The zero-order valence-corrected chi connectivity index (χ0v) is 9.67. The van der Waals surface area contributed by atoms with Gasteiger partial charge in [0.1, 0.15) is 11.3 Å². The van der Waals surface area contributed by atoms with Crippen molar-refractivity contribution < 1.29 is 17.6 Å². The number of nitrogens with two attached hydrogens (primary N) is 1. The Kier molecular flexibility index (Phi) is 2.38. The van der Waals surface area contributed by atoms with Crippen LogP contribution in [0.5, 0.6) is 0 Å². The summed E-state index contributed by atoms with van der Waals surface area (Å²) >= 11 is 0. The predicted octanol–water partition coefficient (Wildman–Crippen LogP) is 1.77. The molecule has 1 atom stereocenters. The SMILES string of the molecule is Nc1nc2c3c(oc2c(=O)[nH]1)CCC(C(F)(F)F)C3. The van der Waals surface area contributed by atoms with E-state index in [1.54, 1.807) is 0 Å². The standard InChI is InChI=1S/C11H10F3N3O2/c12-11(13,14)4-1-2-6-5(3-4)7-8(19-6)9(18)17-10(15)16-7/h4H,1-3H2,(H3,15,16,17,18). The molecule has 1 unspecified atom stereocenters. The minimum absolute atomic E-state index is 0.0380. The van der Waals surface area contributed by atoms with E-state index in [0.717, 1.165) is 0 Å². The molecular formula is C11H10F3N3O2. The number of alkyl halides is 3. The summed E-state index contributed by atoms with van der Waals surface area (Å²) in [4.78, 5) is 17.8. The molecule has 2 aromatic rings. The van der Waals surface area contributed by atoms with Crippen molar-refractivity contribution in [2.24, 2.45) is 5.92 Å². The van der Waals surface area contributed by atoms with Crippen molar-refractivity contribution in [1.29, 1.82) is 0 Å². The number of nitrogens with one attached hydrogen (secondary N) is 1. The van der Waals surface area contributed by atoms with Crippen molar-refractivity contribution in [3.63, 3.8) is 0 Å². The minimum Gasteiger partial charge on any atom is -0.453 e. The third kappa shape index (κ3) is 1.87. The zero-order valence-electron chi connectivity index (χ0n) is 9.67. The minimum atomic E-state index is -4.26. The average molecular weight is 273 g/mol. The summed E-state index contributed by atoms with van der Waals surface area (Å²) < 4.78 is 43.6. The van der Waals surface area contributed by atoms with Crippen molar-refractivity contribution in [2.45, 2.75) is 25.4 Å². The topological polar surface area (TPSA) is 84.9 Å².